The van der Waals surface area contributed by atoms with Gasteiger partial charge >= 0.3 is 5.38 Å². The van der Waals surface area contributed by atoms with Crippen molar-refractivity contribution >= 4 is 11.6 Å². The van der Waals surface area contributed by atoms with Crippen LogP contribution in [0, 0.1) is 0 Å². The van der Waals surface area contributed by atoms with E-state index >= 15 is 0 Å². The maximum Gasteiger partial charge on any atom is 0.378 e. The standard InChI is InChI=1S/C4H5ClF2O/c1-3(8-2)4(5,6)7/h1H2,2H3. The Morgan fingerprint density at radius 3 is 2.12 bits per heavy atom. The predicted molar refractivity (Wildman–Crippen MR) is 26.9 cm³/mol. The second-order valence-electron chi connectivity index (χ2n) is 1.13. The Morgan fingerprint density at radius 1 is 1.75 bits per heavy atom. The summed E-state index contributed by atoms with van der Waals surface area (Å²) in [4.78, 5) is 0. The molecular weight excluding hydrogens is 137 g/mol. The molecule has 0 aliphatic heterocycles. The number of halogens is 3. The Hall–Kier alpha value is -0.310. The average molecular weight is 143 g/mol. The van der Waals surface area contributed by atoms with Crippen LogP contribution in [0.25, 0.3) is 0 Å². The van der Waals surface area contributed by atoms with Crippen LogP contribution >= 0.6 is 11.6 Å². The van der Waals surface area contributed by atoms with Gasteiger partial charge < -0.3 is 4.74 Å². The molecule has 0 amide bonds. The van der Waals surface area contributed by atoms with Crippen LogP contribution in [0.3, 0.4) is 0 Å². The van der Waals surface area contributed by atoms with Gasteiger partial charge in [-0.25, -0.2) is 0 Å². The Labute approximate surface area is 50.9 Å². The lowest BCUT2D eigenvalue weighted by molar-refractivity contribution is 0.0678. The minimum atomic E-state index is -3.44. The van der Waals surface area contributed by atoms with E-state index in [1.54, 1.807) is 0 Å². The number of ether oxygens (including phenoxy) is 1. The van der Waals surface area contributed by atoms with E-state index in [-0.39, 0.29) is 0 Å². The number of hydrogen-bond acceptors (Lipinski definition) is 1. The Balaban J connectivity index is 3.82. The summed E-state index contributed by atoms with van der Waals surface area (Å²) in [5.74, 6) is -0.737. The van der Waals surface area contributed by atoms with Crippen LogP contribution in [0.4, 0.5) is 8.78 Å². The fourth-order valence-electron chi connectivity index (χ4n) is 0.116. The molecule has 0 radical (unpaired) electrons. The van der Waals surface area contributed by atoms with Crippen LogP contribution in [0.15, 0.2) is 12.3 Å². The maximum absolute atomic E-state index is 11.7. The van der Waals surface area contributed by atoms with E-state index in [9.17, 15) is 8.78 Å². The third-order valence-corrected chi connectivity index (χ3v) is 0.773. The van der Waals surface area contributed by atoms with Crippen LogP contribution in [0.5, 0.6) is 0 Å². The molecule has 0 saturated heterocycles. The molecule has 48 valence electrons. The van der Waals surface area contributed by atoms with Crippen LogP contribution in [0.2, 0.25) is 0 Å². The number of methoxy groups -OCH3 is 1. The molecule has 0 spiro atoms. The van der Waals surface area contributed by atoms with Gasteiger partial charge in [0.05, 0.1) is 7.11 Å². The number of alkyl halides is 3. The zero-order valence-corrected chi connectivity index (χ0v) is 5.01. The molecule has 4 heteroatoms. The molecule has 0 saturated carbocycles. The molecule has 0 aromatic rings. The van der Waals surface area contributed by atoms with Gasteiger partial charge in [0.2, 0.25) is 0 Å². The first kappa shape index (κ1) is 7.69. The van der Waals surface area contributed by atoms with Crippen molar-refractivity contribution in [1.82, 2.24) is 0 Å². The molecule has 0 N–H and O–H groups in total. The van der Waals surface area contributed by atoms with Crippen molar-refractivity contribution in [3.8, 4) is 0 Å². The fourth-order valence-corrected chi connectivity index (χ4v) is 0.193. The van der Waals surface area contributed by atoms with E-state index in [2.05, 4.69) is 22.9 Å². The summed E-state index contributed by atoms with van der Waals surface area (Å²) in [6.07, 6.45) is 0. The van der Waals surface area contributed by atoms with E-state index in [0.29, 0.717) is 0 Å². The van der Waals surface area contributed by atoms with Gasteiger partial charge in [0, 0.05) is 0 Å². The molecule has 0 aliphatic rings. The first-order valence-electron chi connectivity index (χ1n) is 1.78. The minimum Gasteiger partial charge on any atom is -0.494 e. The smallest absolute Gasteiger partial charge is 0.378 e. The summed E-state index contributed by atoms with van der Waals surface area (Å²) in [6, 6.07) is 0. The molecule has 0 unspecified atom stereocenters. The molecule has 0 atom stereocenters. The molecule has 0 fully saturated rings. The highest BCUT2D eigenvalue weighted by Gasteiger charge is 2.30. The SMILES string of the molecule is C=C(OC)C(F)(F)Cl. The molecule has 0 aromatic heterocycles. The summed E-state index contributed by atoms with van der Waals surface area (Å²) >= 11 is 4.43. The first-order chi connectivity index (χ1) is 3.48. The van der Waals surface area contributed by atoms with Crippen molar-refractivity contribution in [2.24, 2.45) is 0 Å². The van der Waals surface area contributed by atoms with E-state index in [0.717, 1.165) is 7.11 Å². The maximum atomic E-state index is 11.7. The molecule has 0 heterocycles. The van der Waals surface area contributed by atoms with Crippen molar-refractivity contribution in [3.63, 3.8) is 0 Å². The highest BCUT2D eigenvalue weighted by Crippen LogP contribution is 2.26. The Morgan fingerprint density at radius 2 is 2.12 bits per heavy atom. The van der Waals surface area contributed by atoms with Crippen molar-refractivity contribution in [2.45, 2.75) is 5.38 Å². The van der Waals surface area contributed by atoms with Gasteiger partial charge in [-0.15, -0.1) is 0 Å². The summed E-state index contributed by atoms with van der Waals surface area (Å²) in [6.45, 7) is 2.84. The van der Waals surface area contributed by atoms with Gasteiger partial charge in [-0.2, -0.15) is 8.78 Å². The monoisotopic (exact) mass is 142 g/mol. The lowest BCUT2D eigenvalue weighted by Gasteiger charge is -2.07. The quantitative estimate of drug-likeness (QED) is 0.423. The van der Waals surface area contributed by atoms with Crippen LogP contribution in [-0.2, 0) is 4.74 Å². The van der Waals surface area contributed by atoms with Crippen molar-refractivity contribution in [3.05, 3.63) is 12.3 Å². The van der Waals surface area contributed by atoms with Crippen LogP contribution < -0.4 is 0 Å². The third-order valence-electron chi connectivity index (χ3n) is 0.563. The number of allylic oxidation sites excluding steroid dienone is 1. The first-order valence-corrected chi connectivity index (χ1v) is 2.16. The molecule has 0 bridgehead atoms. The van der Waals surface area contributed by atoms with Gasteiger partial charge in [-0.05, 0) is 11.6 Å². The summed E-state index contributed by atoms with van der Waals surface area (Å²) < 4.78 is 27.4. The van der Waals surface area contributed by atoms with E-state index in [1.165, 1.54) is 0 Å². The van der Waals surface area contributed by atoms with Gasteiger partial charge in [0.25, 0.3) is 0 Å². The molecular formula is C4H5ClF2O. The zero-order chi connectivity index (χ0) is 6.78. The van der Waals surface area contributed by atoms with E-state index in [1.807, 2.05) is 0 Å². The molecule has 1 nitrogen and oxygen atoms in total. The van der Waals surface area contributed by atoms with Gasteiger partial charge in [0.15, 0.2) is 5.76 Å². The van der Waals surface area contributed by atoms with Crippen molar-refractivity contribution in [1.29, 1.82) is 0 Å². The topological polar surface area (TPSA) is 9.23 Å². The normalized spacial score (nSPS) is 11.0. The molecule has 0 aromatic carbocycles. The lowest BCUT2D eigenvalue weighted by atomic mass is 10.6. The minimum absolute atomic E-state index is 0.737. The highest BCUT2D eigenvalue weighted by molar-refractivity contribution is 6.23. The number of hydrogen-bond donors (Lipinski definition) is 0. The number of rotatable bonds is 2. The molecule has 8 heavy (non-hydrogen) atoms. The summed E-state index contributed by atoms with van der Waals surface area (Å²) in [5, 5.41) is -3.44. The molecule has 0 rings (SSSR count). The van der Waals surface area contributed by atoms with E-state index < -0.39 is 11.1 Å². The second-order valence-corrected chi connectivity index (χ2v) is 1.60. The predicted octanol–water partition coefficient (Wildman–Crippen LogP) is 1.98. The lowest BCUT2D eigenvalue weighted by Crippen LogP contribution is -2.09. The van der Waals surface area contributed by atoms with Gasteiger partial charge in [-0.3, -0.25) is 0 Å². The molecule has 0 aliphatic carbocycles. The third kappa shape index (κ3) is 2.12. The average Bonchev–Trinajstić information content (AvgIpc) is 1.62. The van der Waals surface area contributed by atoms with Crippen LogP contribution in [0.1, 0.15) is 0 Å². The second kappa shape index (κ2) is 2.31. The van der Waals surface area contributed by atoms with Gasteiger partial charge in [-0.1, -0.05) is 6.58 Å². The fraction of sp³-hybridized carbons (Fsp3) is 0.500. The Kier molecular flexibility index (Phi) is 2.22. The van der Waals surface area contributed by atoms with Crippen molar-refractivity contribution < 1.29 is 13.5 Å². The summed E-state index contributed by atoms with van der Waals surface area (Å²) in [7, 11) is 1.08. The largest absolute Gasteiger partial charge is 0.494 e. The van der Waals surface area contributed by atoms with Crippen molar-refractivity contribution in [2.75, 3.05) is 7.11 Å². The summed E-state index contributed by atoms with van der Waals surface area (Å²) in [5.41, 5.74) is 0. The highest BCUT2D eigenvalue weighted by atomic mass is 35.5. The van der Waals surface area contributed by atoms with E-state index in [4.69, 9.17) is 0 Å². The zero-order valence-electron chi connectivity index (χ0n) is 4.25. The van der Waals surface area contributed by atoms with Gasteiger partial charge in [0.1, 0.15) is 0 Å². The van der Waals surface area contributed by atoms with Crippen LogP contribution in [-0.4, -0.2) is 12.5 Å². The Bertz CT molecular complexity index is 96.7.